The highest BCUT2D eigenvalue weighted by molar-refractivity contribution is 9.10. The van der Waals surface area contributed by atoms with Gasteiger partial charge in [0.2, 0.25) is 0 Å². The first-order valence-electron chi connectivity index (χ1n) is 6.22. The molecule has 0 N–H and O–H groups in total. The number of hydrogen-bond donors (Lipinski definition) is 0. The van der Waals surface area contributed by atoms with Crippen molar-refractivity contribution in [1.82, 2.24) is 4.57 Å². The number of fused-ring (bicyclic) bond motifs is 1. The minimum absolute atomic E-state index is 0.119. The number of non-ortho nitro benzene ring substituents is 1. The molecular weight excluding hydrogens is 356 g/mol. The molecule has 0 radical (unpaired) electrons. The number of rotatable bonds is 3. The zero-order chi connectivity index (χ0) is 15.0. The first kappa shape index (κ1) is 14.1. The van der Waals surface area contributed by atoms with E-state index in [0.29, 0.717) is 17.0 Å². The number of halogens is 2. The van der Waals surface area contributed by atoms with Gasteiger partial charge in [0, 0.05) is 28.3 Å². The monoisotopic (exact) mass is 364 g/mol. The molecule has 21 heavy (non-hydrogen) atoms. The van der Waals surface area contributed by atoms with E-state index < -0.39 is 0 Å². The summed E-state index contributed by atoms with van der Waals surface area (Å²) in [5.74, 6) is 0. The summed E-state index contributed by atoms with van der Waals surface area (Å²) in [6.45, 7) is 0.566. The molecule has 0 amide bonds. The molecule has 3 aromatic rings. The summed E-state index contributed by atoms with van der Waals surface area (Å²) in [6, 6.07) is 12.5. The molecule has 0 aliphatic rings. The number of benzene rings is 2. The van der Waals surface area contributed by atoms with Crippen molar-refractivity contribution in [3.63, 3.8) is 0 Å². The van der Waals surface area contributed by atoms with Gasteiger partial charge in [-0.3, -0.25) is 10.1 Å². The Morgan fingerprint density at radius 2 is 2.05 bits per heavy atom. The Labute approximate surface area is 134 Å². The Hall–Kier alpha value is -1.85. The van der Waals surface area contributed by atoms with Crippen molar-refractivity contribution in [3.05, 3.63) is 73.8 Å². The molecule has 2 aromatic carbocycles. The van der Waals surface area contributed by atoms with Crippen LogP contribution in [-0.2, 0) is 6.54 Å². The van der Waals surface area contributed by atoms with Gasteiger partial charge >= 0.3 is 0 Å². The van der Waals surface area contributed by atoms with Crippen LogP contribution in [0.4, 0.5) is 5.69 Å². The van der Waals surface area contributed by atoms with Crippen molar-refractivity contribution in [2.24, 2.45) is 0 Å². The molecule has 4 nitrogen and oxygen atoms in total. The Morgan fingerprint density at radius 3 is 2.76 bits per heavy atom. The molecule has 1 heterocycles. The average molecular weight is 366 g/mol. The normalized spacial score (nSPS) is 11.0. The van der Waals surface area contributed by atoms with Gasteiger partial charge in [-0.15, -0.1) is 0 Å². The van der Waals surface area contributed by atoms with Gasteiger partial charge in [-0.05, 0) is 29.8 Å². The zero-order valence-corrected chi connectivity index (χ0v) is 13.1. The molecule has 0 aliphatic carbocycles. The molecule has 106 valence electrons. The number of nitro groups is 1. The second-order valence-electron chi connectivity index (χ2n) is 4.65. The summed E-state index contributed by atoms with van der Waals surface area (Å²) in [4.78, 5) is 10.7. The van der Waals surface area contributed by atoms with Crippen LogP contribution in [-0.4, -0.2) is 9.49 Å². The van der Waals surface area contributed by atoms with Crippen LogP contribution in [0.5, 0.6) is 0 Å². The molecular formula is C15H10BrClN2O2. The quantitative estimate of drug-likeness (QED) is 0.483. The molecule has 0 fully saturated rings. The highest BCUT2D eigenvalue weighted by Crippen LogP contribution is 2.28. The van der Waals surface area contributed by atoms with E-state index in [2.05, 4.69) is 15.9 Å². The van der Waals surface area contributed by atoms with Crippen molar-refractivity contribution in [1.29, 1.82) is 0 Å². The number of aromatic nitrogens is 1. The predicted octanol–water partition coefficient (Wildman–Crippen LogP) is 5.01. The zero-order valence-electron chi connectivity index (χ0n) is 10.8. The Morgan fingerprint density at radius 1 is 1.24 bits per heavy atom. The Kier molecular flexibility index (Phi) is 3.69. The van der Waals surface area contributed by atoms with Gasteiger partial charge in [0.1, 0.15) is 0 Å². The molecule has 0 unspecified atom stereocenters. The highest BCUT2D eigenvalue weighted by atomic mass is 79.9. The number of hydrogen-bond acceptors (Lipinski definition) is 2. The minimum Gasteiger partial charge on any atom is -0.343 e. The lowest BCUT2D eigenvalue weighted by molar-refractivity contribution is -0.383. The van der Waals surface area contributed by atoms with Crippen molar-refractivity contribution in [2.75, 3.05) is 0 Å². The molecule has 0 aliphatic heterocycles. The first-order chi connectivity index (χ1) is 10.1. The summed E-state index contributed by atoms with van der Waals surface area (Å²) in [5, 5.41) is 12.3. The molecule has 1 aromatic heterocycles. The largest absolute Gasteiger partial charge is 0.343 e. The van der Waals surface area contributed by atoms with Gasteiger partial charge in [-0.25, -0.2) is 0 Å². The molecule has 0 atom stereocenters. The fourth-order valence-corrected chi connectivity index (χ4v) is 3.07. The van der Waals surface area contributed by atoms with E-state index >= 15 is 0 Å². The third-order valence-electron chi connectivity index (χ3n) is 3.34. The van der Waals surface area contributed by atoms with Crippen LogP contribution in [0.2, 0.25) is 5.02 Å². The minimum atomic E-state index is -0.362. The maximum atomic E-state index is 11.0. The van der Waals surface area contributed by atoms with Gasteiger partial charge in [0.15, 0.2) is 0 Å². The SMILES string of the molecule is O=[N+]([O-])c1cccc2c1ccn2Cc1ccc(Br)cc1Cl. The third-order valence-corrected chi connectivity index (χ3v) is 4.19. The summed E-state index contributed by atoms with van der Waals surface area (Å²) in [6.07, 6.45) is 1.84. The van der Waals surface area contributed by atoms with E-state index in [0.717, 1.165) is 15.6 Å². The summed E-state index contributed by atoms with van der Waals surface area (Å²) in [5.41, 5.74) is 1.90. The fourth-order valence-electron chi connectivity index (χ4n) is 2.34. The van der Waals surface area contributed by atoms with Crippen LogP contribution in [0.1, 0.15) is 5.56 Å². The van der Waals surface area contributed by atoms with Gasteiger partial charge in [-0.1, -0.05) is 39.7 Å². The lowest BCUT2D eigenvalue weighted by Gasteiger charge is -2.08. The lowest BCUT2D eigenvalue weighted by Crippen LogP contribution is -1.99. The molecule has 3 rings (SSSR count). The second kappa shape index (κ2) is 5.50. The summed E-state index contributed by atoms with van der Waals surface area (Å²) in [7, 11) is 0. The van der Waals surface area contributed by atoms with Crippen molar-refractivity contribution in [2.45, 2.75) is 6.54 Å². The predicted molar refractivity (Wildman–Crippen MR) is 86.8 cm³/mol. The van der Waals surface area contributed by atoms with Gasteiger partial charge in [0.05, 0.1) is 15.8 Å². The molecule has 0 spiro atoms. The van der Waals surface area contributed by atoms with Crippen LogP contribution in [0.15, 0.2) is 53.1 Å². The maximum absolute atomic E-state index is 11.0. The van der Waals surface area contributed by atoms with Gasteiger partial charge < -0.3 is 4.57 Å². The van der Waals surface area contributed by atoms with Crippen LogP contribution < -0.4 is 0 Å². The van der Waals surface area contributed by atoms with E-state index in [9.17, 15) is 10.1 Å². The summed E-state index contributed by atoms with van der Waals surface area (Å²) < 4.78 is 2.88. The molecule has 0 saturated carbocycles. The van der Waals surface area contributed by atoms with Gasteiger partial charge in [0.25, 0.3) is 5.69 Å². The van der Waals surface area contributed by atoms with Crippen LogP contribution in [0.25, 0.3) is 10.9 Å². The van der Waals surface area contributed by atoms with Crippen LogP contribution in [0.3, 0.4) is 0 Å². The Balaban J connectivity index is 2.06. The van der Waals surface area contributed by atoms with Crippen molar-refractivity contribution in [3.8, 4) is 0 Å². The van der Waals surface area contributed by atoms with E-state index in [1.807, 2.05) is 35.0 Å². The van der Waals surface area contributed by atoms with Crippen molar-refractivity contribution >= 4 is 44.1 Å². The third kappa shape index (κ3) is 2.66. The standard InChI is InChI=1S/C15H10BrClN2O2/c16-11-5-4-10(13(17)8-11)9-18-7-6-12-14(18)2-1-3-15(12)19(20)21/h1-8H,9H2. The van der Waals surface area contributed by atoms with Crippen molar-refractivity contribution < 1.29 is 4.92 Å². The fraction of sp³-hybridized carbons (Fsp3) is 0.0667. The van der Waals surface area contributed by atoms with E-state index in [1.54, 1.807) is 12.1 Å². The average Bonchev–Trinajstić information content (AvgIpc) is 2.85. The first-order valence-corrected chi connectivity index (χ1v) is 7.39. The molecule has 6 heteroatoms. The topological polar surface area (TPSA) is 48.1 Å². The number of nitro benzene ring substituents is 1. The van der Waals surface area contributed by atoms with E-state index in [1.165, 1.54) is 6.07 Å². The second-order valence-corrected chi connectivity index (χ2v) is 5.97. The number of nitrogens with zero attached hydrogens (tertiary/aromatic N) is 2. The summed E-state index contributed by atoms with van der Waals surface area (Å²) >= 11 is 9.60. The van der Waals surface area contributed by atoms with E-state index in [4.69, 9.17) is 11.6 Å². The van der Waals surface area contributed by atoms with Crippen LogP contribution >= 0.6 is 27.5 Å². The van der Waals surface area contributed by atoms with Crippen LogP contribution in [0, 0.1) is 10.1 Å². The Bertz CT molecular complexity index is 845. The van der Waals surface area contributed by atoms with Gasteiger partial charge in [-0.2, -0.15) is 0 Å². The maximum Gasteiger partial charge on any atom is 0.278 e. The highest BCUT2D eigenvalue weighted by Gasteiger charge is 2.14. The smallest absolute Gasteiger partial charge is 0.278 e. The van der Waals surface area contributed by atoms with E-state index in [-0.39, 0.29) is 10.6 Å². The lowest BCUT2D eigenvalue weighted by atomic mass is 10.2. The molecule has 0 saturated heterocycles. The molecule has 0 bridgehead atoms.